The quantitative estimate of drug-likeness (QED) is 0.825. The molecule has 1 N–H and O–H groups in total. The molecule has 1 aromatic rings. The monoisotopic (exact) mass is 220 g/mol. The maximum absolute atomic E-state index is 9.43. The Kier molecular flexibility index (Phi) is 3.80. The second-order valence-corrected chi connectivity index (χ2v) is 4.50. The number of hydrogen-bond donors (Lipinski definition) is 1. The molecule has 0 saturated carbocycles. The van der Waals surface area contributed by atoms with Crippen molar-refractivity contribution >= 4 is 5.69 Å². The highest BCUT2D eigenvalue weighted by Gasteiger charge is 2.19. The number of hydrogen-bond acceptors (Lipinski definition) is 3. The summed E-state index contributed by atoms with van der Waals surface area (Å²) < 4.78 is 0. The van der Waals surface area contributed by atoms with Gasteiger partial charge in [0.2, 0.25) is 0 Å². The summed E-state index contributed by atoms with van der Waals surface area (Å²) in [4.78, 5) is 4.58. The van der Waals surface area contributed by atoms with Crippen LogP contribution in [0.5, 0.6) is 0 Å². The predicted octanol–water partition coefficient (Wildman–Crippen LogP) is 1.19. The molecule has 0 radical (unpaired) electrons. The highest BCUT2D eigenvalue weighted by Crippen LogP contribution is 2.12. The van der Waals surface area contributed by atoms with E-state index >= 15 is 0 Å². The second-order valence-electron chi connectivity index (χ2n) is 4.50. The van der Waals surface area contributed by atoms with Crippen molar-refractivity contribution in [3.63, 3.8) is 0 Å². The van der Waals surface area contributed by atoms with Gasteiger partial charge in [-0.05, 0) is 18.6 Å². The van der Waals surface area contributed by atoms with E-state index in [1.165, 1.54) is 5.69 Å². The molecule has 1 aliphatic heterocycles. The summed E-state index contributed by atoms with van der Waals surface area (Å²) >= 11 is 0. The average Bonchev–Trinajstić information content (AvgIpc) is 2.73. The van der Waals surface area contributed by atoms with Gasteiger partial charge < -0.3 is 10.0 Å². The van der Waals surface area contributed by atoms with Crippen LogP contribution in [0.2, 0.25) is 0 Å². The third kappa shape index (κ3) is 2.97. The lowest BCUT2D eigenvalue weighted by Gasteiger charge is -2.23. The van der Waals surface area contributed by atoms with E-state index in [9.17, 15) is 5.11 Å². The molecular weight excluding hydrogens is 200 g/mol. The number of aliphatic hydroxyl groups excluding tert-OH is 1. The number of β-amino-alcohol motifs (C(OH)–C–C–N with tert-alkyl or cyclic N) is 1. The number of benzene rings is 1. The lowest BCUT2D eigenvalue weighted by molar-refractivity contribution is 0.177. The van der Waals surface area contributed by atoms with Gasteiger partial charge in [0.15, 0.2) is 0 Å². The van der Waals surface area contributed by atoms with E-state index in [-0.39, 0.29) is 6.10 Å². The number of aliphatic hydroxyl groups is 1. The lowest BCUT2D eigenvalue weighted by atomic mass is 10.3. The fraction of sp³-hybridized carbons (Fsp3) is 0.538. The fourth-order valence-electron chi connectivity index (χ4n) is 2.12. The minimum absolute atomic E-state index is 0.109. The topological polar surface area (TPSA) is 26.7 Å². The Bertz CT molecular complexity index is 315. The van der Waals surface area contributed by atoms with Crippen molar-refractivity contribution in [2.75, 3.05) is 38.1 Å². The number of nitrogens with zero attached hydrogens (tertiary/aromatic N) is 2. The van der Waals surface area contributed by atoms with Crippen molar-refractivity contribution in [1.29, 1.82) is 0 Å². The zero-order chi connectivity index (χ0) is 11.4. The first kappa shape index (κ1) is 11.4. The second kappa shape index (κ2) is 5.32. The van der Waals surface area contributed by atoms with E-state index in [1.54, 1.807) is 0 Å². The van der Waals surface area contributed by atoms with Crippen LogP contribution in [0.1, 0.15) is 6.42 Å². The van der Waals surface area contributed by atoms with Gasteiger partial charge in [0, 0.05) is 38.9 Å². The maximum Gasteiger partial charge on any atom is 0.0679 e. The van der Waals surface area contributed by atoms with Crippen LogP contribution >= 0.6 is 0 Å². The molecular formula is C13H20N2O. The van der Waals surface area contributed by atoms with Crippen molar-refractivity contribution in [3.05, 3.63) is 30.3 Å². The summed E-state index contributed by atoms with van der Waals surface area (Å²) in [6.45, 7) is 3.91. The molecule has 0 bridgehead atoms. The minimum Gasteiger partial charge on any atom is -0.392 e. The first-order chi connectivity index (χ1) is 7.75. The van der Waals surface area contributed by atoms with Gasteiger partial charge in [-0.25, -0.2) is 0 Å². The number of para-hydroxylation sites is 1. The molecule has 0 aromatic heterocycles. The van der Waals surface area contributed by atoms with Gasteiger partial charge >= 0.3 is 0 Å². The van der Waals surface area contributed by atoms with Crippen molar-refractivity contribution in [2.45, 2.75) is 12.5 Å². The van der Waals surface area contributed by atoms with Gasteiger partial charge in [-0.2, -0.15) is 0 Å². The van der Waals surface area contributed by atoms with Crippen molar-refractivity contribution in [2.24, 2.45) is 0 Å². The smallest absolute Gasteiger partial charge is 0.0679 e. The van der Waals surface area contributed by atoms with Gasteiger partial charge in [0.25, 0.3) is 0 Å². The Balaban J connectivity index is 1.78. The molecule has 1 aliphatic rings. The van der Waals surface area contributed by atoms with Gasteiger partial charge in [-0.1, -0.05) is 18.2 Å². The molecule has 1 aromatic carbocycles. The molecule has 0 amide bonds. The summed E-state index contributed by atoms with van der Waals surface area (Å²) in [7, 11) is 2.11. The molecule has 3 nitrogen and oxygen atoms in total. The number of rotatable bonds is 4. The van der Waals surface area contributed by atoms with Crippen LogP contribution in [-0.4, -0.2) is 49.3 Å². The van der Waals surface area contributed by atoms with Crippen LogP contribution in [0.15, 0.2) is 30.3 Å². The third-order valence-corrected chi connectivity index (χ3v) is 3.20. The predicted molar refractivity (Wildman–Crippen MR) is 66.8 cm³/mol. The number of likely N-dealkylation sites (tertiary alicyclic amines) is 1. The first-order valence-electron chi connectivity index (χ1n) is 5.92. The highest BCUT2D eigenvalue weighted by atomic mass is 16.3. The summed E-state index contributed by atoms with van der Waals surface area (Å²) in [6.07, 6.45) is 0.816. The third-order valence-electron chi connectivity index (χ3n) is 3.20. The molecule has 3 heteroatoms. The van der Waals surface area contributed by atoms with E-state index in [1.807, 2.05) is 6.07 Å². The van der Waals surface area contributed by atoms with Crippen molar-refractivity contribution in [3.8, 4) is 0 Å². The molecule has 0 spiro atoms. The Morgan fingerprint density at radius 2 is 2.12 bits per heavy atom. The van der Waals surface area contributed by atoms with Crippen LogP contribution in [0.25, 0.3) is 0 Å². The van der Waals surface area contributed by atoms with Crippen molar-refractivity contribution < 1.29 is 5.11 Å². The molecule has 1 fully saturated rings. The lowest BCUT2D eigenvalue weighted by Crippen LogP contribution is -2.32. The number of likely N-dealkylation sites (N-methyl/N-ethyl adjacent to an activating group) is 1. The Morgan fingerprint density at radius 3 is 2.75 bits per heavy atom. The number of anilines is 1. The van der Waals surface area contributed by atoms with Crippen LogP contribution < -0.4 is 4.90 Å². The fourth-order valence-corrected chi connectivity index (χ4v) is 2.12. The zero-order valence-corrected chi connectivity index (χ0v) is 9.84. The van der Waals surface area contributed by atoms with Gasteiger partial charge in [0.1, 0.15) is 0 Å². The summed E-state index contributed by atoms with van der Waals surface area (Å²) in [5, 5.41) is 9.43. The molecule has 1 atom stereocenters. The molecule has 1 saturated heterocycles. The average molecular weight is 220 g/mol. The van der Waals surface area contributed by atoms with E-state index in [0.29, 0.717) is 0 Å². The van der Waals surface area contributed by atoms with Crippen LogP contribution in [0, 0.1) is 0 Å². The first-order valence-corrected chi connectivity index (χ1v) is 5.92. The molecule has 0 aliphatic carbocycles. The highest BCUT2D eigenvalue weighted by molar-refractivity contribution is 5.44. The van der Waals surface area contributed by atoms with Crippen LogP contribution in [0.3, 0.4) is 0 Å². The maximum atomic E-state index is 9.43. The minimum atomic E-state index is -0.109. The Labute approximate surface area is 97.3 Å². The molecule has 1 unspecified atom stereocenters. The van der Waals surface area contributed by atoms with E-state index in [0.717, 1.165) is 32.6 Å². The largest absolute Gasteiger partial charge is 0.392 e. The summed E-state index contributed by atoms with van der Waals surface area (Å²) in [5.74, 6) is 0. The van der Waals surface area contributed by atoms with Gasteiger partial charge in [-0.15, -0.1) is 0 Å². The molecule has 1 heterocycles. The molecule has 88 valence electrons. The Hall–Kier alpha value is -1.06. The molecule has 2 rings (SSSR count). The van der Waals surface area contributed by atoms with Crippen molar-refractivity contribution in [1.82, 2.24) is 4.90 Å². The zero-order valence-electron chi connectivity index (χ0n) is 9.84. The SMILES string of the molecule is CN(CCN1CCC(O)C1)c1ccccc1. The van der Waals surface area contributed by atoms with E-state index in [4.69, 9.17) is 0 Å². The van der Waals surface area contributed by atoms with Crippen LogP contribution in [-0.2, 0) is 0 Å². The standard InChI is InChI=1S/C13H20N2O/c1-14(12-5-3-2-4-6-12)9-10-15-8-7-13(16)11-15/h2-6,13,16H,7-11H2,1H3. The summed E-state index contributed by atoms with van der Waals surface area (Å²) in [5.41, 5.74) is 1.25. The molecule has 16 heavy (non-hydrogen) atoms. The van der Waals surface area contributed by atoms with Gasteiger partial charge in [-0.3, -0.25) is 4.90 Å². The van der Waals surface area contributed by atoms with Crippen LogP contribution in [0.4, 0.5) is 5.69 Å². The normalized spacial score (nSPS) is 21.2. The summed E-state index contributed by atoms with van der Waals surface area (Å²) in [6, 6.07) is 10.4. The Morgan fingerprint density at radius 1 is 1.38 bits per heavy atom. The van der Waals surface area contributed by atoms with Gasteiger partial charge in [0.05, 0.1) is 6.10 Å². The van der Waals surface area contributed by atoms with E-state index in [2.05, 4.69) is 41.1 Å². The van der Waals surface area contributed by atoms with E-state index < -0.39 is 0 Å².